The third kappa shape index (κ3) is 2.52. The first-order valence-electron chi connectivity index (χ1n) is 4.89. The molecule has 1 fully saturated rings. The third-order valence-corrected chi connectivity index (χ3v) is 2.29. The molecule has 0 N–H and O–H groups in total. The Kier molecular flexibility index (Phi) is 3.10. The molecule has 0 bridgehead atoms. The summed E-state index contributed by atoms with van der Waals surface area (Å²) in [5.74, 6) is 0. The average Bonchev–Trinajstić information content (AvgIpc) is 2.63. The zero-order chi connectivity index (χ0) is 9.80. The third-order valence-electron chi connectivity index (χ3n) is 2.29. The van der Waals surface area contributed by atoms with E-state index in [4.69, 9.17) is 9.47 Å². The van der Waals surface area contributed by atoms with Crippen LogP contribution in [-0.2, 0) is 23.1 Å². The second kappa shape index (κ2) is 4.52. The second-order valence-corrected chi connectivity index (χ2v) is 3.51. The lowest BCUT2D eigenvalue weighted by Gasteiger charge is -2.21. The first kappa shape index (κ1) is 9.61. The predicted octanol–water partition coefficient (Wildman–Crippen LogP) is 0.511. The molecule has 1 aromatic rings. The van der Waals surface area contributed by atoms with Crippen molar-refractivity contribution in [3.05, 3.63) is 11.9 Å². The summed E-state index contributed by atoms with van der Waals surface area (Å²) < 4.78 is 12.6. The van der Waals surface area contributed by atoms with Crippen LogP contribution in [0.15, 0.2) is 6.20 Å². The highest BCUT2D eigenvalue weighted by Crippen LogP contribution is 2.12. The van der Waals surface area contributed by atoms with Gasteiger partial charge in [0.15, 0.2) is 0 Å². The topological polar surface area (TPSA) is 49.2 Å². The van der Waals surface area contributed by atoms with Gasteiger partial charge in [0.2, 0.25) is 0 Å². The quantitative estimate of drug-likeness (QED) is 0.708. The molecular formula is C9H15N3O2. The largest absolute Gasteiger partial charge is 0.381 e. The maximum atomic E-state index is 5.69. The molecule has 0 spiro atoms. The van der Waals surface area contributed by atoms with Crippen LogP contribution in [0.25, 0.3) is 0 Å². The zero-order valence-electron chi connectivity index (χ0n) is 8.35. The molecule has 2 rings (SSSR count). The number of aryl methyl sites for hydroxylation is 1. The number of nitrogens with zero attached hydrogens (tertiary/aromatic N) is 3. The summed E-state index contributed by atoms with van der Waals surface area (Å²) >= 11 is 0. The molecule has 0 atom stereocenters. The number of hydrogen-bond donors (Lipinski definition) is 0. The van der Waals surface area contributed by atoms with E-state index in [1.807, 2.05) is 13.2 Å². The molecule has 0 unspecified atom stereocenters. The lowest BCUT2D eigenvalue weighted by Crippen LogP contribution is -2.23. The van der Waals surface area contributed by atoms with Crippen molar-refractivity contribution in [2.45, 2.75) is 25.6 Å². The van der Waals surface area contributed by atoms with Gasteiger partial charge in [-0.25, -0.2) is 0 Å². The highest BCUT2D eigenvalue weighted by molar-refractivity contribution is 4.89. The van der Waals surface area contributed by atoms with Crippen LogP contribution in [0.1, 0.15) is 18.5 Å². The van der Waals surface area contributed by atoms with Crippen LogP contribution in [0.4, 0.5) is 0 Å². The van der Waals surface area contributed by atoms with E-state index in [2.05, 4.69) is 10.3 Å². The summed E-state index contributed by atoms with van der Waals surface area (Å²) in [5.41, 5.74) is 0.888. The van der Waals surface area contributed by atoms with E-state index in [9.17, 15) is 0 Å². The van der Waals surface area contributed by atoms with Crippen molar-refractivity contribution in [2.24, 2.45) is 7.05 Å². The van der Waals surface area contributed by atoms with Crippen molar-refractivity contribution in [3.63, 3.8) is 0 Å². The normalized spacial score (nSPS) is 18.6. The summed E-state index contributed by atoms with van der Waals surface area (Å²) in [4.78, 5) is 0. The van der Waals surface area contributed by atoms with E-state index in [1.165, 1.54) is 0 Å². The summed E-state index contributed by atoms with van der Waals surface area (Å²) in [7, 11) is 1.85. The minimum absolute atomic E-state index is 0.325. The predicted molar refractivity (Wildman–Crippen MR) is 49.6 cm³/mol. The second-order valence-electron chi connectivity index (χ2n) is 3.51. The van der Waals surface area contributed by atoms with Crippen LogP contribution in [-0.4, -0.2) is 34.3 Å². The average molecular weight is 197 g/mol. The van der Waals surface area contributed by atoms with Crippen molar-refractivity contribution in [3.8, 4) is 0 Å². The highest BCUT2D eigenvalue weighted by Gasteiger charge is 2.14. The summed E-state index contributed by atoms with van der Waals surface area (Å²) in [6.07, 6.45) is 4.17. The van der Waals surface area contributed by atoms with Crippen molar-refractivity contribution < 1.29 is 9.47 Å². The van der Waals surface area contributed by atoms with E-state index in [-0.39, 0.29) is 0 Å². The number of aromatic nitrogens is 3. The van der Waals surface area contributed by atoms with Gasteiger partial charge in [-0.3, -0.25) is 4.68 Å². The summed E-state index contributed by atoms with van der Waals surface area (Å²) in [6.45, 7) is 2.18. The molecule has 1 saturated heterocycles. The van der Waals surface area contributed by atoms with Crippen LogP contribution < -0.4 is 0 Å². The maximum Gasteiger partial charge on any atom is 0.108 e. The summed E-state index contributed by atoms with van der Waals surface area (Å²) in [5, 5.41) is 7.80. The van der Waals surface area contributed by atoms with Gasteiger partial charge in [-0.05, 0) is 12.8 Å². The molecule has 0 radical (unpaired) electrons. The van der Waals surface area contributed by atoms with Crippen molar-refractivity contribution in [1.29, 1.82) is 0 Å². The van der Waals surface area contributed by atoms with E-state index >= 15 is 0 Å². The van der Waals surface area contributed by atoms with Gasteiger partial charge < -0.3 is 9.47 Å². The maximum absolute atomic E-state index is 5.69. The fourth-order valence-corrected chi connectivity index (χ4v) is 1.51. The van der Waals surface area contributed by atoms with Crippen LogP contribution in [0, 0.1) is 0 Å². The molecule has 5 heteroatoms. The first-order valence-corrected chi connectivity index (χ1v) is 4.89. The molecule has 78 valence electrons. The Morgan fingerprint density at radius 2 is 2.36 bits per heavy atom. The molecule has 0 aromatic carbocycles. The van der Waals surface area contributed by atoms with Crippen molar-refractivity contribution in [1.82, 2.24) is 15.0 Å². The van der Waals surface area contributed by atoms with Crippen molar-refractivity contribution >= 4 is 0 Å². The van der Waals surface area contributed by atoms with Crippen LogP contribution in [0.3, 0.4) is 0 Å². The summed E-state index contributed by atoms with van der Waals surface area (Å²) in [6, 6.07) is 0. The van der Waals surface area contributed by atoms with Crippen LogP contribution in [0.5, 0.6) is 0 Å². The molecule has 2 heterocycles. The highest BCUT2D eigenvalue weighted by atomic mass is 16.5. The molecule has 0 amide bonds. The van der Waals surface area contributed by atoms with Gasteiger partial charge >= 0.3 is 0 Å². The SMILES string of the molecule is Cn1cc(COC2CCOCC2)nn1. The molecule has 1 aliphatic rings. The smallest absolute Gasteiger partial charge is 0.108 e. The number of rotatable bonds is 3. The molecule has 1 aromatic heterocycles. The number of ether oxygens (including phenoxy) is 2. The molecular weight excluding hydrogens is 182 g/mol. The zero-order valence-corrected chi connectivity index (χ0v) is 8.35. The molecule has 5 nitrogen and oxygen atoms in total. The fraction of sp³-hybridized carbons (Fsp3) is 0.778. The Hall–Kier alpha value is -0.940. The van der Waals surface area contributed by atoms with Gasteiger partial charge in [0, 0.05) is 20.3 Å². The van der Waals surface area contributed by atoms with Gasteiger partial charge in [0.05, 0.1) is 18.9 Å². The Morgan fingerprint density at radius 1 is 1.57 bits per heavy atom. The van der Waals surface area contributed by atoms with E-state index in [0.717, 1.165) is 31.7 Å². The van der Waals surface area contributed by atoms with E-state index < -0.39 is 0 Å². The van der Waals surface area contributed by atoms with Crippen LogP contribution in [0.2, 0.25) is 0 Å². The van der Waals surface area contributed by atoms with Gasteiger partial charge in [0.25, 0.3) is 0 Å². The van der Waals surface area contributed by atoms with E-state index in [1.54, 1.807) is 4.68 Å². The fourth-order valence-electron chi connectivity index (χ4n) is 1.51. The Balaban J connectivity index is 1.76. The minimum atomic E-state index is 0.325. The lowest BCUT2D eigenvalue weighted by atomic mass is 10.1. The molecule has 14 heavy (non-hydrogen) atoms. The van der Waals surface area contributed by atoms with Crippen LogP contribution >= 0.6 is 0 Å². The molecule has 1 aliphatic heterocycles. The Bertz CT molecular complexity index is 281. The van der Waals surface area contributed by atoms with Gasteiger partial charge in [-0.1, -0.05) is 5.21 Å². The van der Waals surface area contributed by atoms with E-state index in [0.29, 0.717) is 12.7 Å². The minimum Gasteiger partial charge on any atom is -0.381 e. The Labute approximate surface area is 83.0 Å². The lowest BCUT2D eigenvalue weighted by molar-refractivity contribution is -0.0399. The van der Waals surface area contributed by atoms with Gasteiger partial charge in [-0.15, -0.1) is 5.10 Å². The molecule has 0 aliphatic carbocycles. The Morgan fingerprint density at radius 3 is 3.00 bits per heavy atom. The van der Waals surface area contributed by atoms with Crippen molar-refractivity contribution in [2.75, 3.05) is 13.2 Å². The standard InChI is InChI=1S/C9H15N3O2/c1-12-6-8(10-11-12)7-14-9-2-4-13-5-3-9/h6,9H,2-5,7H2,1H3. The van der Waals surface area contributed by atoms with Gasteiger partial charge in [0.1, 0.15) is 5.69 Å². The molecule has 0 saturated carbocycles. The first-order chi connectivity index (χ1) is 6.84. The van der Waals surface area contributed by atoms with Gasteiger partial charge in [-0.2, -0.15) is 0 Å². The monoisotopic (exact) mass is 197 g/mol. The number of hydrogen-bond acceptors (Lipinski definition) is 4.